The van der Waals surface area contributed by atoms with Crippen molar-refractivity contribution in [1.29, 1.82) is 0 Å². The molecular weight excluding hydrogens is 273 g/mol. The van der Waals surface area contributed by atoms with Gasteiger partial charge < -0.3 is 10.1 Å². The molecule has 0 aromatic carbocycles. The van der Waals surface area contributed by atoms with E-state index in [0.29, 0.717) is 25.7 Å². The molecule has 0 heterocycles. The van der Waals surface area contributed by atoms with Crippen LogP contribution in [0.15, 0.2) is 0 Å². The molecule has 1 fully saturated rings. The van der Waals surface area contributed by atoms with E-state index in [0.717, 1.165) is 0 Å². The normalized spacial score (nSPS) is 24.8. The Labute approximate surface area is 114 Å². The highest BCUT2D eigenvalue weighted by molar-refractivity contribution is 7.86. The summed E-state index contributed by atoms with van der Waals surface area (Å²) in [6.45, 7) is 5.36. The zero-order valence-electron chi connectivity index (χ0n) is 11.6. The number of halogens is 1. The molecule has 0 radical (unpaired) electrons. The summed E-state index contributed by atoms with van der Waals surface area (Å²) in [6, 6.07) is -0.0200. The van der Waals surface area contributed by atoms with Gasteiger partial charge in [-0.2, -0.15) is 8.42 Å². The summed E-state index contributed by atoms with van der Waals surface area (Å²) in [5.74, 6) is -0.557. The van der Waals surface area contributed by atoms with Gasteiger partial charge in [0.15, 0.2) is 0 Å². The van der Waals surface area contributed by atoms with Gasteiger partial charge in [0.1, 0.15) is 5.60 Å². The third kappa shape index (κ3) is 7.34. The Bertz CT molecular complexity index is 408. The molecule has 0 unspecified atom stereocenters. The smallest absolute Gasteiger partial charge is 0.407 e. The molecule has 7 heteroatoms. The van der Waals surface area contributed by atoms with E-state index in [9.17, 15) is 17.1 Å². The van der Waals surface area contributed by atoms with Crippen molar-refractivity contribution in [3.63, 3.8) is 0 Å². The molecule has 1 aliphatic carbocycles. The lowest BCUT2D eigenvalue weighted by atomic mass is 9.87. The van der Waals surface area contributed by atoms with Crippen LogP contribution in [0, 0.1) is 5.92 Å². The Hall–Kier alpha value is -0.850. The molecule has 0 spiro atoms. The van der Waals surface area contributed by atoms with Crippen LogP contribution in [0.25, 0.3) is 0 Å². The summed E-state index contributed by atoms with van der Waals surface area (Å²) in [5, 5.41) is 2.75. The number of ether oxygens (including phenoxy) is 1. The molecule has 1 N–H and O–H groups in total. The minimum atomic E-state index is -4.40. The molecule has 1 amide bonds. The molecule has 0 bridgehead atoms. The lowest BCUT2D eigenvalue weighted by Crippen LogP contribution is -2.41. The molecule has 112 valence electrons. The number of nitrogens with one attached hydrogen (secondary N) is 1. The van der Waals surface area contributed by atoms with Crippen LogP contribution in [-0.4, -0.2) is 31.9 Å². The fraction of sp³-hybridized carbons (Fsp3) is 0.917. The minimum Gasteiger partial charge on any atom is -0.444 e. The first-order valence-corrected chi connectivity index (χ1v) is 8.02. The van der Waals surface area contributed by atoms with E-state index in [4.69, 9.17) is 4.74 Å². The Morgan fingerprint density at radius 3 is 2.21 bits per heavy atom. The van der Waals surface area contributed by atoms with Gasteiger partial charge in [-0.25, -0.2) is 4.79 Å². The van der Waals surface area contributed by atoms with Crippen molar-refractivity contribution in [2.75, 3.05) is 5.75 Å². The number of hydrogen-bond donors (Lipinski definition) is 1. The van der Waals surface area contributed by atoms with Crippen LogP contribution < -0.4 is 5.32 Å². The molecule has 1 aliphatic rings. The van der Waals surface area contributed by atoms with Gasteiger partial charge in [0, 0.05) is 6.04 Å². The Kier molecular flexibility index (Phi) is 5.18. The monoisotopic (exact) mass is 295 g/mol. The SMILES string of the molecule is CC(C)(C)OC(=O)NC1CCC(CS(=O)(=O)F)CC1. The summed E-state index contributed by atoms with van der Waals surface area (Å²) in [6.07, 6.45) is 2.04. The van der Waals surface area contributed by atoms with Gasteiger partial charge in [-0.3, -0.25) is 0 Å². The van der Waals surface area contributed by atoms with Crippen LogP contribution in [0.3, 0.4) is 0 Å². The van der Waals surface area contributed by atoms with Crippen molar-refractivity contribution < 1.29 is 21.8 Å². The highest BCUT2D eigenvalue weighted by Gasteiger charge is 2.27. The zero-order chi connectivity index (χ0) is 14.7. The van der Waals surface area contributed by atoms with Crippen LogP contribution in [0.1, 0.15) is 46.5 Å². The van der Waals surface area contributed by atoms with E-state index in [-0.39, 0.29) is 12.0 Å². The number of rotatable bonds is 3. The second kappa shape index (κ2) is 6.07. The lowest BCUT2D eigenvalue weighted by Gasteiger charge is -2.29. The summed E-state index contributed by atoms with van der Waals surface area (Å²) < 4.78 is 38.8. The number of hydrogen-bond acceptors (Lipinski definition) is 4. The van der Waals surface area contributed by atoms with Crippen LogP contribution in [0.2, 0.25) is 0 Å². The van der Waals surface area contributed by atoms with Crippen molar-refractivity contribution in [3.05, 3.63) is 0 Å². The molecule has 0 aromatic heterocycles. The molecule has 0 saturated heterocycles. The highest BCUT2D eigenvalue weighted by Crippen LogP contribution is 2.26. The summed E-state index contributed by atoms with van der Waals surface area (Å²) >= 11 is 0. The predicted octanol–water partition coefficient (Wildman–Crippen LogP) is 2.37. The third-order valence-corrected chi connectivity index (χ3v) is 3.87. The topological polar surface area (TPSA) is 72.5 Å². The van der Waals surface area contributed by atoms with Gasteiger partial charge in [0.05, 0.1) is 5.75 Å². The van der Waals surface area contributed by atoms with Crippen molar-refractivity contribution >= 4 is 16.3 Å². The fourth-order valence-corrected chi connectivity index (χ4v) is 3.13. The van der Waals surface area contributed by atoms with Gasteiger partial charge >= 0.3 is 16.3 Å². The fourth-order valence-electron chi connectivity index (χ4n) is 2.23. The van der Waals surface area contributed by atoms with E-state index in [1.54, 1.807) is 20.8 Å². The molecular formula is C12H22FNO4S. The summed E-state index contributed by atoms with van der Waals surface area (Å²) in [7, 11) is -4.40. The summed E-state index contributed by atoms with van der Waals surface area (Å²) in [5.41, 5.74) is -0.538. The molecule has 5 nitrogen and oxygen atoms in total. The van der Waals surface area contributed by atoms with Gasteiger partial charge in [0.2, 0.25) is 0 Å². The molecule has 0 atom stereocenters. The standard InChI is InChI=1S/C12H22FNO4S/c1-12(2,3)18-11(15)14-10-6-4-9(5-7-10)8-19(13,16)17/h9-10H,4-8H2,1-3H3,(H,14,15). The van der Waals surface area contributed by atoms with Gasteiger partial charge in [-0.1, -0.05) is 0 Å². The van der Waals surface area contributed by atoms with E-state index in [2.05, 4.69) is 5.32 Å². The zero-order valence-corrected chi connectivity index (χ0v) is 12.4. The van der Waals surface area contributed by atoms with Crippen molar-refractivity contribution in [2.24, 2.45) is 5.92 Å². The number of alkyl carbamates (subject to hydrolysis) is 1. The largest absolute Gasteiger partial charge is 0.444 e. The number of amides is 1. The van der Waals surface area contributed by atoms with Crippen LogP contribution in [-0.2, 0) is 15.0 Å². The first-order chi connectivity index (χ1) is 8.55. The van der Waals surface area contributed by atoms with E-state index < -0.39 is 27.7 Å². The second-order valence-corrected chi connectivity index (χ2v) is 7.48. The maximum atomic E-state index is 12.5. The highest BCUT2D eigenvalue weighted by atomic mass is 32.3. The molecule has 0 aromatic rings. The Morgan fingerprint density at radius 2 is 1.79 bits per heavy atom. The van der Waals surface area contributed by atoms with Crippen molar-refractivity contribution in [1.82, 2.24) is 5.32 Å². The van der Waals surface area contributed by atoms with Crippen LogP contribution in [0.4, 0.5) is 8.68 Å². The van der Waals surface area contributed by atoms with Crippen LogP contribution in [0.5, 0.6) is 0 Å². The van der Waals surface area contributed by atoms with Crippen LogP contribution >= 0.6 is 0 Å². The molecule has 1 rings (SSSR count). The third-order valence-electron chi connectivity index (χ3n) is 3.00. The summed E-state index contributed by atoms with van der Waals surface area (Å²) in [4.78, 5) is 11.5. The average molecular weight is 295 g/mol. The maximum Gasteiger partial charge on any atom is 0.407 e. The predicted molar refractivity (Wildman–Crippen MR) is 70.0 cm³/mol. The number of carbonyl (C=O) groups excluding carboxylic acids is 1. The van der Waals surface area contributed by atoms with Gasteiger partial charge in [0.25, 0.3) is 0 Å². The molecule has 0 aliphatic heterocycles. The maximum absolute atomic E-state index is 12.5. The van der Waals surface area contributed by atoms with Gasteiger partial charge in [-0.05, 0) is 52.4 Å². The lowest BCUT2D eigenvalue weighted by molar-refractivity contribution is 0.0488. The van der Waals surface area contributed by atoms with Crippen molar-refractivity contribution in [2.45, 2.75) is 58.1 Å². The first kappa shape index (κ1) is 16.2. The van der Waals surface area contributed by atoms with Gasteiger partial charge in [-0.15, -0.1) is 3.89 Å². The Morgan fingerprint density at radius 1 is 1.26 bits per heavy atom. The molecule has 19 heavy (non-hydrogen) atoms. The van der Waals surface area contributed by atoms with E-state index in [1.807, 2.05) is 0 Å². The minimum absolute atomic E-state index is 0.0200. The number of carbonyl (C=O) groups is 1. The van der Waals surface area contributed by atoms with E-state index in [1.165, 1.54) is 0 Å². The average Bonchev–Trinajstić information content (AvgIpc) is 2.15. The second-order valence-electron chi connectivity index (χ2n) is 6.07. The molecule has 1 saturated carbocycles. The quantitative estimate of drug-likeness (QED) is 0.811. The van der Waals surface area contributed by atoms with Crippen molar-refractivity contribution in [3.8, 4) is 0 Å². The Balaban J connectivity index is 2.33. The van der Waals surface area contributed by atoms with E-state index >= 15 is 0 Å². The first-order valence-electron chi connectivity index (χ1n) is 6.47.